The third kappa shape index (κ3) is 3.79. The maximum Gasteiger partial charge on any atom is 0.235 e. The normalized spacial score (nSPS) is 13.2. The minimum absolute atomic E-state index is 0.207. The fraction of sp³-hybridized carbons (Fsp3) is 0.778. The van der Waals surface area contributed by atoms with Crippen molar-refractivity contribution in [3.63, 3.8) is 0 Å². The highest BCUT2D eigenvalue weighted by Crippen LogP contribution is 2.09. The molecule has 0 fully saturated rings. The van der Waals surface area contributed by atoms with Crippen molar-refractivity contribution in [1.82, 2.24) is 9.62 Å². The van der Waals surface area contributed by atoms with Crippen LogP contribution < -0.4 is 5.32 Å². The van der Waals surface area contributed by atoms with Gasteiger partial charge in [0.05, 0.1) is 12.6 Å². The molecule has 0 aromatic heterocycles. The van der Waals surface area contributed by atoms with Crippen LogP contribution in [-0.2, 0) is 14.8 Å². The largest absolute Gasteiger partial charge is 0.355 e. The van der Waals surface area contributed by atoms with Gasteiger partial charge in [0.1, 0.15) is 0 Å². The monoisotopic (exact) mass is 247 g/mol. The zero-order chi connectivity index (χ0) is 12.8. The van der Waals surface area contributed by atoms with Gasteiger partial charge >= 0.3 is 0 Å². The van der Waals surface area contributed by atoms with Gasteiger partial charge in [0.2, 0.25) is 15.9 Å². The second kappa shape index (κ2) is 6.45. The molecule has 0 bridgehead atoms. The molecule has 0 saturated heterocycles. The third-order valence-corrected chi connectivity index (χ3v) is 4.20. The lowest BCUT2D eigenvalue weighted by molar-refractivity contribution is -0.121. The Morgan fingerprint density at radius 3 is 2.44 bits per heavy atom. The molecular weight excluding hydrogens is 230 g/mol. The number of amides is 1. The summed E-state index contributed by atoms with van der Waals surface area (Å²) in [5, 5.41) is 10.1. The molecule has 1 unspecified atom stereocenters. The topological polar surface area (TPSA) is 90.3 Å². The van der Waals surface area contributed by atoms with Crippen molar-refractivity contribution in [2.24, 2.45) is 0 Å². The number of nitrogens with one attached hydrogen (secondary N) is 1. The molecule has 16 heavy (non-hydrogen) atoms. The Hall–Kier alpha value is -1.13. The van der Waals surface area contributed by atoms with Crippen LogP contribution in [0.25, 0.3) is 0 Å². The Bertz CT molecular complexity index is 372. The predicted octanol–water partition coefficient (Wildman–Crippen LogP) is -0.314. The van der Waals surface area contributed by atoms with Crippen LogP contribution in [0, 0.1) is 11.3 Å². The maximum atomic E-state index is 11.8. The lowest BCUT2D eigenvalue weighted by atomic mass is 10.4. The highest BCUT2D eigenvalue weighted by Gasteiger charge is 2.29. The smallest absolute Gasteiger partial charge is 0.235 e. The molecule has 0 radical (unpaired) electrons. The second-order valence-corrected chi connectivity index (χ2v) is 5.50. The van der Waals surface area contributed by atoms with Crippen molar-refractivity contribution in [1.29, 1.82) is 5.26 Å². The molecule has 1 atom stereocenters. The summed E-state index contributed by atoms with van der Waals surface area (Å²) in [6.07, 6.45) is 0.207. The Balaban J connectivity index is 4.66. The van der Waals surface area contributed by atoms with E-state index in [0.29, 0.717) is 6.54 Å². The van der Waals surface area contributed by atoms with Crippen molar-refractivity contribution < 1.29 is 13.2 Å². The summed E-state index contributed by atoms with van der Waals surface area (Å²) in [5.41, 5.74) is 0. The molecule has 0 spiro atoms. The van der Waals surface area contributed by atoms with Crippen LogP contribution in [0.4, 0.5) is 0 Å². The van der Waals surface area contributed by atoms with Gasteiger partial charge in [-0.15, -0.1) is 0 Å². The molecule has 0 saturated carbocycles. The van der Waals surface area contributed by atoms with Crippen molar-refractivity contribution in [2.45, 2.75) is 25.5 Å². The van der Waals surface area contributed by atoms with Crippen molar-refractivity contribution in [2.75, 3.05) is 20.1 Å². The van der Waals surface area contributed by atoms with Crippen LogP contribution >= 0.6 is 0 Å². The van der Waals surface area contributed by atoms with Crippen LogP contribution in [0.3, 0.4) is 0 Å². The van der Waals surface area contributed by atoms with Gasteiger partial charge in [-0.25, -0.2) is 8.42 Å². The predicted molar refractivity (Wildman–Crippen MR) is 59.9 cm³/mol. The SMILES string of the molecule is CCNC(=O)CN(C)S(=O)(=O)C(C#N)CC. The molecule has 0 aliphatic rings. The summed E-state index contributed by atoms with van der Waals surface area (Å²) in [6.45, 7) is 3.55. The van der Waals surface area contributed by atoms with Crippen LogP contribution in [0.1, 0.15) is 20.3 Å². The first-order valence-electron chi connectivity index (χ1n) is 5.01. The number of likely N-dealkylation sites (N-methyl/N-ethyl adjacent to an activating group) is 2. The van der Waals surface area contributed by atoms with Gasteiger partial charge in [-0.3, -0.25) is 4.79 Å². The fourth-order valence-electron chi connectivity index (χ4n) is 1.13. The summed E-state index contributed by atoms with van der Waals surface area (Å²) in [5.74, 6) is -0.374. The molecule has 6 nitrogen and oxygen atoms in total. The number of carbonyl (C=O) groups excluding carboxylic acids is 1. The number of nitriles is 1. The Kier molecular flexibility index (Phi) is 6.00. The lowest BCUT2D eigenvalue weighted by Gasteiger charge is -2.18. The lowest BCUT2D eigenvalue weighted by Crippen LogP contribution is -2.41. The Morgan fingerprint density at radius 2 is 2.06 bits per heavy atom. The molecule has 0 aromatic rings. The van der Waals surface area contributed by atoms with E-state index in [1.807, 2.05) is 0 Å². The highest BCUT2D eigenvalue weighted by atomic mass is 32.2. The van der Waals surface area contributed by atoms with Gasteiger partial charge < -0.3 is 5.32 Å². The molecule has 7 heteroatoms. The molecule has 0 aliphatic carbocycles. The number of hydrogen-bond donors (Lipinski definition) is 1. The maximum absolute atomic E-state index is 11.8. The quantitative estimate of drug-likeness (QED) is 0.697. The van der Waals surface area contributed by atoms with E-state index in [1.54, 1.807) is 19.9 Å². The van der Waals surface area contributed by atoms with Gasteiger partial charge in [0, 0.05) is 13.6 Å². The summed E-state index contributed by atoms with van der Waals surface area (Å²) >= 11 is 0. The molecule has 0 aromatic carbocycles. The highest BCUT2D eigenvalue weighted by molar-refractivity contribution is 7.90. The van der Waals surface area contributed by atoms with Crippen LogP contribution in [0.15, 0.2) is 0 Å². The first-order chi connectivity index (χ1) is 7.39. The van der Waals surface area contributed by atoms with E-state index in [9.17, 15) is 13.2 Å². The Labute approximate surface area is 96.3 Å². The van der Waals surface area contributed by atoms with Crippen molar-refractivity contribution in [3.05, 3.63) is 0 Å². The summed E-state index contributed by atoms with van der Waals surface area (Å²) in [6, 6.07) is 1.72. The zero-order valence-corrected chi connectivity index (χ0v) is 10.5. The van der Waals surface area contributed by atoms with Gasteiger partial charge in [-0.2, -0.15) is 9.57 Å². The van der Waals surface area contributed by atoms with E-state index in [4.69, 9.17) is 5.26 Å². The van der Waals surface area contributed by atoms with Gasteiger partial charge in [0.15, 0.2) is 5.25 Å². The molecule has 0 aliphatic heterocycles. The molecular formula is C9H17N3O3S. The summed E-state index contributed by atoms with van der Waals surface area (Å²) in [4.78, 5) is 11.2. The number of rotatable bonds is 6. The minimum atomic E-state index is -3.70. The molecule has 1 N–H and O–H groups in total. The Morgan fingerprint density at radius 1 is 1.50 bits per heavy atom. The van der Waals surface area contributed by atoms with E-state index < -0.39 is 15.3 Å². The first-order valence-corrected chi connectivity index (χ1v) is 6.51. The standard InChI is InChI=1S/C9H17N3O3S/c1-4-8(6-10)16(14,15)12(3)7-9(13)11-5-2/h8H,4-5,7H2,1-3H3,(H,11,13). The van der Waals surface area contributed by atoms with Gasteiger partial charge in [-0.1, -0.05) is 6.92 Å². The van der Waals surface area contributed by atoms with Crippen LogP contribution in [0.5, 0.6) is 0 Å². The molecule has 0 heterocycles. The van der Waals surface area contributed by atoms with Crippen molar-refractivity contribution in [3.8, 4) is 6.07 Å². The number of hydrogen-bond acceptors (Lipinski definition) is 4. The molecule has 0 rings (SSSR count). The van der Waals surface area contributed by atoms with E-state index in [2.05, 4.69) is 5.32 Å². The number of sulfonamides is 1. The minimum Gasteiger partial charge on any atom is -0.355 e. The second-order valence-electron chi connectivity index (χ2n) is 3.28. The summed E-state index contributed by atoms with van der Waals surface area (Å²) < 4.78 is 24.4. The van der Waals surface area contributed by atoms with E-state index in [-0.39, 0.29) is 18.9 Å². The first kappa shape index (κ1) is 14.9. The van der Waals surface area contributed by atoms with Crippen LogP contribution in [-0.4, -0.2) is 44.0 Å². The zero-order valence-electron chi connectivity index (χ0n) is 9.73. The van der Waals surface area contributed by atoms with Crippen molar-refractivity contribution >= 4 is 15.9 Å². The number of nitrogens with zero attached hydrogens (tertiary/aromatic N) is 2. The van der Waals surface area contributed by atoms with E-state index in [1.165, 1.54) is 7.05 Å². The van der Waals surface area contributed by atoms with Gasteiger partial charge in [0.25, 0.3) is 0 Å². The average Bonchev–Trinajstić information content (AvgIpc) is 2.19. The summed E-state index contributed by atoms with van der Waals surface area (Å²) in [7, 11) is -2.41. The average molecular weight is 247 g/mol. The van der Waals surface area contributed by atoms with Gasteiger partial charge in [-0.05, 0) is 13.3 Å². The van der Waals surface area contributed by atoms with E-state index >= 15 is 0 Å². The molecule has 1 amide bonds. The third-order valence-electron chi connectivity index (χ3n) is 2.05. The molecule has 92 valence electrons. The number of carbonyl (C=O) groups is 1. The van der Waals surface area contributed by atoms with Crippen LogP contribution in [0.2, 0.25) is 0 Å². The fourth-order valence-corrected chi connectivity index (χ4v) is 2.42. The van der Waals surface area contributed by atoms with E-state index in [0.717, 1.165) is 4.31 Å².